The van der Waals surface area contributed by atoms with Gasteiger partial charge in [0.05, 0.1) is 17.2 Å². The number of fused-ring (bicyclic) bond motifs is 1. The van der Waals surface area contributed by atoms with Gasteiger partial charge in [-0.15, -0.1) is 0 Å². The van der Waals surface area contributed by atoms with Gasteiger partial charge in [0.25, 0.3) is 0 Å². The van der Waals surface area contributed by atoms with E-state index in [1.165, 1.54) is 25.0 Å². The fourth-order valence-electron chi connectivity index (χ4n) is 4.73. The van der Waals surface area contributed by atoms with Gasteiger partial charge in [-0.25, -0.2) is 4.39 Å². The second kappa shape index (κ2) is 10.2. The average molecular weight is 500 g/mol. The van der Waals surface area contributed by atoms with Gasteiger partial charge in [-0.3, -0.25) is 14.4 Å². The monoisotopic (exact) mass is 499 g/mol. The molecule has 3 aromatic rings. The number of hydrogen-bond acceptors (Lipinski definition) is 4. The number of carbonyl (C=O) groups excluding carboxylic acids is 3. The standard InChI is InChI=1S/C26H27ClFN3O4/c1-15(17-8-6-9-20(27)24(17)28)29-26(34)25-22(35-3)11-12-31(25)23(33)14-30-13-19(16(2)32)18-7-4-5-10-21(18)30/h4-10,13,15,22,25H,11-12,14H2,1-3H3,(H,29,34)/t15-,22+,25-/m0/s1. The normalized spacial score (nSPS) is 18.6. The van der Waals surface area contributed by atoms with Crippen LogP contribution in [-0.2, 0) is 20.9 Å². The van der Waals surface area contributed by atoms with Gasteiger partial charge in [0, 0.05) is 41.9 Å². The molecule has 0 spiro atoms. The number of benzene rings is 2. The minimum Gasteiger partial charge on any atom is -0.379 e. The fourth-order valence-corrected chi connectivity index (χ4v) is 4.91. The van der Waals surface area contributed by atoms with Crippen molar-refractivity contribution < 1.29 is 23.5 Å². The SMILES string of the molecule is CO[C@@H]1CCN(C(=O)Cn2cc(C(C)=O)c3ccccc32)[C@@H]1C(=O)N[C@@H](C)c1cccc(Cl)c1F. The number of ether oxygens (including phenoxy) is 1. The van der Waals surface area contributed by atoms with E-state index in [1.54, 1.807) is 29.8 Å². The van der Waals surface area contributed by atoms with E-state index < -0.39 is 29.9 Å². The largest absolute Gasteiger partial charge is 0.379 e. The van der Waals surface area contributed by atoms with Gasteiger partial charge in [0.1, 0.15) is 18.4 Å². The van der Waals surface area contributed by atoms with Crippen LogP contribution in [0.4, 0.5) is 4.39 Å². The smallest absolute Gasteiger partial charge is 0.245 e. The van der Waals surface area contributed by atoms with Crippen LogP contribution in [0, 0.1) is 5.82 Å². The van der Waals surface area contributed by atoms with Gasteiger partial charge in [0.15, 0.2) is 5.78 Å². The molecule has 2 aromatic carbocycles. The lowest BCUT2D eigenvalue weighted by molar-refractivity contribution is -0.141. The molecule has 9 heteroatoms. The van der Waals surface area contributed by atoms with Crippen LogP contribution in [0.15, 0.2) is 48.7 Å². The second-order valence-electron chi connectivity index (χ2n) is 8.71. The number of amides is 2. The third kappa shape index (κ3) is 4.81. The van der Waals surface area contributed by atoms with Crippen LogP contribution in [0.2, 0.25) is 5.02 Å². The number of para-hydroxylation sites is 1. The molecule has 1 aliphatic rings. The first-order valence-corrected chi connectivity index (χ1v) is 11.8. The summed E-state index contributed by atoms with van der Waals surface area (Å²) in [6.07, 6.45) is 1.67. The maximum Gasteiger partial charge on any atom is 0.245 e. The zero-order valence-corrected chi connectivity index (χ0v) is 20.5. The van der Waals surface area contributed by atoms with Gasteiger partial charge >= 0.3 is 0 Å². The van der Waals surface area contributed by atoms with Crippen molar-refractivity contribution in [2.24, 2.45) is 0 Å². The van der Waals surface area contributed by atoms with Crippen molar-refractivity contribution in [2.75, 3.05) is 13.7 Å². The first-order chi connectivity index (χ1) is 16.7. The van der Waals surface area contributed by atoms with E-state index in [1.807, 2.05) is 24.3 Å². The summed E-state index contributed by atoms with van der Waals surface area (Å²) < 4.78 is 21.7. The molecule has 1 saturated heterocycles. The van der Waals surface area contributed by atoms with Crippen molar-refractivity contribution in [3.05, 3.63) is 70.6 Å². The van der Waals surface area contributed by atoms with Crippen LogP contribution in [0.5, 0.6) is 0 Å². The number of likely N-dealkylation sites (tertiary alicyclic amines) is 1. The average Bonchev–Trinajstić information content (AvgIpc) is 3.43. The molecule has 1 N–H and O–H groups in total. The maximum atomic E-state index is 14.5. The molecule has 1 fully saturated rings. The van der Waals surface area contributed by atoms with Crippen molar-refractivity contribution in [1.82, 2.24) is 14.8 Å². The number of hydrogen-bond donors (Lipinski definition) is 1. The Morgan fingerprint density at radius 3 is 2.66 bits per heavy atom. The molecule has 3 atom stereocenters. The van der Waals surface area contributed by atoms with E-state index in [9.17, 15) is 18.8 Å². The molecule has 0 bridgehead atoms. The third-order valence-electron chi connectivity index (χ3n) is 6.51. The van der Waals surface area contributed by atoms with Crippen molar-refractivity contribution in [3.63, 3.8) is 0 Å². The number of halogens is 2. The molecule has 7 nitrogen and oxygen atoms in total. The number of aromatic nitrogens is 1. The molecule has 1 aliphatic heterocycles. The molecule has 35 heavy (non-hydrogen) atoms. The fraction of sp³-hybridized carbons (Fsp3) is 0.346. The first-order valence-electron chi connectivity index (χ1n) is 11.4. The summed E-state index contributed by atoms with van der Waals surface area (Å²) in [5, 5.41) is 3.55. The van der Waals surface area contributed by atoms with Crippen molar-refractivity contribution in [3.8, 4) is 0 Å². The van der Waals surface area contributed by atoms with Gasteiger partial charge in [-0.1, -0.05) is 41.9 Å². The number of carbonyl (C=O) groups is 3. The Bertz CT molecular complexity index is 1290. The second-order valence-corrected chi connectivity index (χ2v) is 9.12. The summed E-state index contributed by atoms with van der Waals surface area (Å²) in [7, 11) is 1.50. The van der Waals surface area contributed by atoms with Crippen LogP contribution in [0.1, 0.15) is 42.2 Å². The van der Waals surface area contributed by atoms with E-state index >= 15 is 0 Å². The molecule has 2 amide bonds. The Hall–Kier alpha value is -3.23. The highest BCUT2D eigenvalue weighted by molar-refractivity contribution is 6.30. The van der Waals surface area contributed by atoms with Crippen molar-refractivity contribution >= 4 is 40.1 Å². The predicted molar refractivity (Wildman–Crippen MR) is 131 cm³/mol. The summed E-state index contributed by atoms with van der Waals surface area (Å²) in [5.74, 6) is -1.39. The Labute approximate surface area is 207 Å². The van der Waals surface area contributed by atoms with E-state index in [0.717, 1.165) is 10.9 Å². The Morgan fingerprint density at radius 2 is 1.94 bits per heavy atom. The minimum absolute atomic E-state index is 0.0279. The molecular weight excluding hydrogens is 473 g/mol. The zero-order valence-electron chi connectivity index (χ0n) is 19.8. The van der Waals surface area contributed by atoms with Crippen molar-refractivity contribution in [1.29, 1.82) is 0 Å². The summed E-state index contributed by atoms with van der Waals surface area (Å²) in [6, 6.07) is 10.5. The number of methoxy groups -OCH3 is 1. The van der Waals surface area contributed by atoms with E-state index in [4.69, 9.17) is 16.3 Å². The molecule has 1 aromatic heterocycles. The third-order valence-corrected chi connectivity index (χ3v) is 6.81. The Kier molecular flexibility index (Phi) is 7.23. The van der Waals surface area contributed by atoms with Crippen LogP contribution < -0.4 is 5.32 Å². The summed E-state index contributed by atoms with van der Waals surface area (Å²) in [6.45, 7) is 3.45. The molecule has 2 heterocycles. The summed E-state index contributed by atoms with van der Waals surface area (Å²) >= 11 is 5.89. The molecule has 0 unspecified atom stereocenters. The number of rotatable bonds is 7. The molecule has 184 valence electrons. The van der Waals surface area contributed by atoms with Gasteiger partial charge < -0.3 is 19.5 Å². The van der Waals surface area contributed by atoms with Gasteiger partial charge in [0.2, 0.25) is 11.8 Å². The van der Waals surface area contributed by atoms with Crippen LogP contribution in [0.25, 0.3) is 10.9 Å². The minimum atomic E-state index is -0.869. The summed E-state index contributed by atoms with van der Waals surface area (Å²) in [4.78, 5) is 40.2. The highest BCUT2D eigenvalue weighted by atomic mass is 35.5. The topological polar surface area (TPSA) is 80.6 Å². The molecular formula is C26H27ClFN3O4. The summed E-state index contributed by atoms with van der Waals surface area (Å²) in [5.41, 5.74) is 1.56. The van der Waals surface area contributed by atoms with Crippen molar-refractivity contribution in [2.45, 2.75) is 45.0 Å². The zero-order chi connectivity index (χ0) is 25.3. The highest BCUT2D eigenvalue weighted by Gasteiger charge is 2.42. The lowest BCUT2D eigenvalue weighted by Gasteiger charge is -2.28. The number of nitrogens with zero attached hydrogens (tertiary/aromatic N) is 2. The Morgan fingerprint density at radius 1 is 1.20 bits per heavy atom. The number of ketones is 1. The lowest BCUT2D eigenvalue weighted by atomic mass is 10.1. The van der Waals surface area contributed by atoms with E-state index in [0.29, 0.717) is 18.5 Å². The quantitative estimate of drug-likeness (QED) is 0.496. The van der Waals surface area contributed by atoms with Crippen LogP contribution >= 0.6 is 11.6 Å². The van der Waals surface area contributed by atoms with E-state index in [2.05, 4.69) is 5.32 Å². The molecule has 4 rings (SSSR count). The molecule has 0 saturated carbocycles. The predicted octanol–water partition coefficient (Wildman–Crippen LogP) is 4.13. The molecule has 0 radical (unpaired) electrons. The maximum absolute atomic E-state index is 14.5. The van der Waals surface area contributed by atoms with Gasteiger partial charge in [-0.05, 0) is 32.4 Å². The van der Waals surface area contributed by atoms with Crippen LogP contribution in [-0.4, -0.2) is 52.9 Å². The molecule has 0 aliphatic carbocycles. The Balaban J connectivity index is 1.56. The van der Waals surface area contributed by atoms with Gasteiger partial charge in [-0.2, -0.15) is 0 Å². The number of Topliss-reactive ketones (excluding diaryl/α,β-unsaturated/α-hetero) is 1. The first kappa shape index (κ1) is 24.9. The lowest BCUT2D eigenvalue weighted by Crippen LogP contribution is -2.51. The number of nitrogens with one attached hydrogen (secondary N) is 1. The van der Waals surface area contributed by atoms with E-state index in [-0.39, 0.29) is 28.8 Å². The highest BCUT2D eigenvalue weighted by Crippen LogP contribution is 2.27. The van der Waals surface area contributed by atoms with Crippen LogP contribution in [0.3, 0.4) is 0 Å².